The molecule has 2 fully saturated rings. The summed E-state index contributed by atoms with van der Waals surface area (Å²) in [6, 6.07) is 0. The average molecular weight is 430 g/mol. The maximum Gasteiger partial charge on any atom is 0.187 e. The van der Waals surface area contributed by atoms with Crippen molar-refractivity contribution in [2.75, 3.05) is 6.61 Å². The Kier molecular flexibility index (Phi) is 6.50. The summed E-state index contributed by atoms with van der Waals surface area (Å²) >= 11 is 0. The van der Waals surface area contributed by atoms with Gasteiger partial charge in [-0.2, -0.15) is 0 Å². The summed E-state index contributed by atoms with van der Waals surface area (Å²) in [5, 5.41) is 62.3. The molecule has 1 saturated heterocycles. The van der Waals surface area contributed by atoms with Crippen LogP contribution in [-0.2, 0) is 14.3 Å². The van der Waals surface area contributed by atoms with Crippen LogP contribution in [0.1, 0.15) is 47.0 Å². The zero-order valence-corrected chi connectivity index (χ0v) is 17.9. The van der Waals surface area contributed by atoms with Crippen LogP contribution in [0.15, 0.2) is 11.1 Å². The smallest absolute Gasteiger partial charge is 0.187 e. The molecule has 1 saturated carbocycles. The van der Waals surface area contributed by atoms with Crippen LogP contribution in [-0.4, -0.2) is 91.0 Å². The van der Waals surface area contributed by atoms with Gasteiger partial charge in [0.05, 0.1) is 18.3 Å². The molecule has 1 aliphatic heterocycles. The molecule has 0 spiro atoms. The summed E-state index contributed by atoms with van der Waals surface area (Å²) in [7, 11) is 0. The molecule has 1 heterocycles. The van der Waals surface area contributed by atoms with Crippen molar-refractivity contribution >= 4 is 5.78 Å². The van der Waals surface area contributed by atoms with E-state index in [1.807, 2.05) is 6.92 Å². The maximum atomic E-state index is 12.3. The third kappa shape index (κ3) is 3.86. The van der Waals surface area contributed by atoms with Gasteiger partial charge in [0.15, 0.2) is 12.1 Å². The lowest BCUT2D eigenvalue weighted by Crippen LogP contribution is -2.64. The molecule has 2 aliphatic carbocycles. The van der Waals surface area contributed by atoms with Crippen molar-refractivity contribution < 1.29 is 44.9 Å². The van der Waals surface area contributed by atoms with Crippen molar-refractivity contribution in [2.24, 2.45) is 11.8 Å². The fourth-order valence-electron chi connectivity index (χ4n) is 4.96. The number of allylic oxidation sites excluding steroid dienone is 1. The summed E-state index contributed by atoms with van der Waals surface area (Å²) in [6.45, 7) is 5.98. The monoisotopic (exact) mass is 430 g/mol. The molecule has 6 N–H and O–H groups in total. The van der Waals surface area contributed by atoms with Gasteiger partial charge in [0.2, 0.25) is 0 Å². The van der Waals surface area contributed by atoms with Crippen LogP contribution in [0.25, 0.3) is 0 Å². The Bertz CT molecular complexity index is 697. The van der Waals surface area contributed by atoms with Crippen LogP contribution in [0.2, 0.25) is 0 Å². The molecule has 0 aromatic carbocycles. The second kappa shape index (κ2) is 8.22. The lowest BCUT2D eigenvalue weighted by atomic mass is 9.76. The van der Waals surface area contributed by atoms with Crippen LogP contribution >= 0.6 is 0 Å². The average Bonchev–Trinajstić information content (AvgIpc) is 2.88. The third-order valence-electron chi connectivity index (χ3n) is 7.22. The van der Waals surface area contributed by atoms with E-state index in [9.17, 15) is 35.4 Å². The van der Waals surface area contributed by atoms with Gasteiger partial charge in [-0.1, -0.05) is 12.5 Å². The molecule has 3 rings (SSSR count). The van der Waals surface area contributed by atoms with Gasteiger partial charge in [-0.05, 0) is 44.6 Å². The predicted molar refractivity (Wildman–Crippen MR) is 104 cm³/mol. The molecule has 0 bridgehead atoms. The van der Waals surface area contributed by atoms with E-state index in [2.05, 4.69) is 0 Å². The Hall–Kier alpha value is -0.910. The van der Waals surface area contributed by atoms with Crippen molar-refractivity contribution in [3.63, 3.8) is 0 Å². The molecule has 0 radical (unpaired) electrons. The number of rotatable bonds is 4. The second-order valence-electron chi connectivity index (χ2n) is 9.58. The van der Waals surface area contributed by atoms with Gasteiger partial charge < -0.3 is 40.1 Å². The van der Waals surface area contributed by atoms with Gasteiger partial charge in [0.1, 0.15) is 30.0 Å². The highest BCUT2D eigenvalue weighted by Crippen LogP contribution is 2.49. The molecule has 4 unspecified atom stereocenters. The Balaban J connectivity index is 1.95. The highest BCUT2D eigenvalue weighted by Gasteiger charge is 2.56. The first-order chi connectivity index (χ1) is 13.8. The fourth-order valence-corrected chi connectivity index (χ4v) is 4.96. The lowest BCUT2D eigenvalue weighted by molar-refractivity contribution is -0.333. The molecule has 0 aromatic heterocycles. The molecule has 172 valence electrons. The first kappa shape index (κ1) is 23.7. The van der Waals surface area contributed by atoms with Crippen molar-refractivity contribution in [1.29, 1.82) is 0 Å². The van der Waals surface area contributed by atoms with Gasteiger partial charge >= 0.3 is 0 Å². The molecule has 9 nitrogen and oxygen atoms in total. The third-order valence-corrected chi connectivity index (χ3v) is 7.22. The predicted octanol–water partition coefficient (Wildman–Crippen LogP) is -0.991. The Morgan fingerprint density at radius 2 is 1.83 bits per heavy atom. The number of aliphatic hydroxyl groups is 6. The Labute approximate surface area is 175 Å². The van der Waals surface area contributed by atoms with Crippen molar-refractivity contribution in [1.82, 2.24) is 0 Å². The molecule has 30 heavy (non-hydrogen) atoms. The van der Waals surface area contributed by atoms with Crippen LogP contribution in [0.4, 0.5) is 0 Å². The van der Waals surface area contributed by atoms with E-state index in [0.717, 1.165) is 5.57 Å². The topological polar surface area (TPSA) is 157 Å². The quantitative estimate of drug-likeness (QED) is 0.329. The number of carbonyl (C=O) groups is 1. The first-order valence-corrected chi connectivity index (χ1v) is 10.4. The van der Waals surface area contributed by atoms with E-state index in [-0.39, 0.29) is 30.5 Å². The second-order valence-corrected chi connectivity index (χ2v) is 9.58. The molecule has 3 aliphatic rings. The van der Waals surface area contributed by atoms with Crippen LogP contribution in [0, 0.1) is 11.8 Å². The summed E-state index contributed by atoms with van der Waals surface area (Å²) in [6.07, 6.45) is -7.70. The van der Waals surface area contributed by atoms with Gasteiger partial charge in [-0.15, -0.1) is 0 Å². The summed E-state index contributed by atoms with van der Waals surface area (Å²) < 4.78 is 11.4. The van der Waals surface area contributed by atoms with Crippen molar-refractivity contribution in [3.05, 3.63) is 11.1 Å². The number of ketones is 1. The number of carbonyl (C=O) groups excluding carboxylic acids is 1. The number of ether oxygens (including phenoxy) is 2. The van der Waals surface area contributed by atoms with E-state index in [1.165, 1.54) is 13.8 Å². The number of fused-ring (bicyclic) bond motifs is 1. The first-order valence-electron chi connectivity index (χ1n) is 10.4. The minimum atomic E-state index is -1.81. The normalized spacial score (nSPS) is 45.5. The van der Waals surface area contributed by atoms with Crippen molar-refractivity contribution in [2.45, 2.75) is 95.0 Å². The summed E-state index contributed by atoms with van der Waals surface area (Å²) in [5.74, 6) is -0.101. The maximum absolute atomic E-state index is 12.3. The SMILES string of the molecule is CC1=C2CC(O)(C(C)(C)O)C(O[C@@H]3O[C@H](CO)[C@@H](O)[C@H](O)[C@H]3O)CC(C)C2CC1=O. The molecule has 9 heteroatoms. The van der Waals surface area contributed by atoms with Gasteiger partial charge in [0.25, 0.3) is 0 Å². The fraction of sp³-hybridized carbons (Fsp3) is 0.857. The van der Waals surface area contributed by atoms with Gasteiger partial charge in [-0.25, -0.2) is 0 Å². The standard InChI is InChI=1S/C21H34O9/c1-9-5-15(30-19-18(26)17(25)16(24)14(8-22)29-19)21(28,20(3,4)27)7-12-10(2)13(23)6-11(9)12/h9,11,14-19,22,24-28H,5-8H2,1-4H3/t9?,11?,14-,15?,16-,17+,18-,19+,21?/m1/s1. The van der Waals surface area contributed by atoms with E-state index < -0.39 is 54.6 Å². The zero-order chi connectivity index (χ0) is 22.6. The van der Waals surface area contributed by atoms with E-state index in [1.54, 1.807) is 6.92 Å². The zero-order valence-electron chi connectivity index (χ0n) is 17.9. The van der Waals surface area contributed by atoms with Crippen molar-refractivity contribution in [3.8, 4) is 0 Å². The largest absolute Gasteiger partial charge is 0.394 e. The van der Waals surface area contributed by atoms with Crippen LogP contribution < -0.4 is 0 Å². The molecule has 0 amide bonds. The highest BCUT2D eigenvalue weighted by molar-refractivity contribution is 5.98. The molecular weight excluding hydrogens is 396 g/mol. The number of aliphatic hydroxyl groups excluding tert-OH is 4. The van der Waals surface area contributed by atoms with E-state index in [4.69, 9.17) is 9.47 Å². The lowest BCUT2D eigenvalue weighted by Gasteiger charge is -2.47. The van der Waals surface area contributed by atoms with E-state index in [0.29, 0.717) is 12.0 Å². The molecular formula is C21H34O9. The highest BCUT2D eigenvalue weighted by atomic mass is 16.7. The minimum absolute atomic E-state index is 0.0190. The number of hydrogen-bond donors (Lipinski definition) is 6. The van der Waals surface area contributed by atoms with E-state index >= 15 is 0 Å². The van der Waals surface area contributed by atoms with Gasteiger partial charge in [-0.3, -0.25) is 4.79 Å². The molecule has 0 aromatic rings. The van der Waals surface area contributed by atoms with Crippen LogP contribution in [0.5, 0.6) is 0 Å². The van der Waals surface area contributed by atoms with Crippen LogP contribution in [0.3, 0.4) is 0 Å². The minimum Gasteiger partial charge on any atom is -0.394 e. The number of Topliss-reactive ketones (excluding diaryl/α,β-unsaturated/α-hetero) is 1. The Morgan fingerprint density at radius 3 is 2.40 bits per heavy atom. The number of hydrogen-bond acceptors (Lipinski definition) is 9. The van der Waals surface area contributed by atoms with Gasteiger partial charge in [0, 0.05) is 12.8 Å². The summed E-state index contributed by atoms with van der Waals surface area (Å²) in [5.41, 5.74) is -2.03. The molecule has 9 atom stereocenters. The Morgan fingerprint density at radius 1 is 1.20 bits per heavy atom. The summed E-state index contributed by atoms with van der Waals surface area (Å²) in [4.78, 5) is 12.3.